The minimum atomic E-state index is -1.13. The zero-order valence-corrected chi connectivity index (χ0v) is 6.79. The van der Waals surface area contributed by atoms with Crippen molar-refractivity contribution in [2.24, 2.45) is 5.92 Å². The molecule has 3 unspecified atom stereocenters. The monoisotopic (exact) mass is 178 g/mol. The van der Waals surface area contributed by atoms with E-state index >= 15 is 0 Å². The SMILES string of the molecule is CC1C(O)OC(CO)[C@H](O)[C@H]1O. The summed E-state index contributed by atoms with van der Waals surface area (Å²) in [5.74, 6) is -0.539. The van der Waals surface area contributed by atoms with Gasteiger partial charge in [-0.1, -0.05) is 6.92 Å². The first-order valence-electron chi connectivity index (χ1n) is 3.88. The molecule has 1 fully saturated rings. The lowest BCUT2D eigenvalue weighted by Crippen LogP contribution is -2.54. The number of hydrogen-bond acceptors (Lipinski definition) is 5. The molecule has 1 heterocycles. The largest absolute Gasteiger partial charge is 0.394 e. The van der Waals surface area contributed by atoms with Crippen LogP contribution in [0.3, 0.4) is 0 Å². The molecule has 5 nitrogen and oxygen atoms in total. The van der Waals surface area contributed by atoms with Crippen molar-refractivity contribution in [2.45, 2.75) is 31.5 Å². The Balaban J connectivity index is 2.63. The highest BCUT2D eigenvalue weighted by Crippen LogP contribution is 2.23. The van der Waals surface area contributed by atoms with Gasteiger partial charge in [-0.15, -0.1) is 0 Å². The standard InChI is InChI=1S/C7H14O5/c1-3-5(9)6(10)4(2-8)12-7(3)11/h3-11H,2H2,1H3/t3?,4?,5-,6-,7?/m0/s1. The third-order valence-corrected chi connectivity index (χ3v) is 2.21. The summed E-state index contributed by atoms with van der Waals surface area (Å²) in [6.45, 7) is 1.15. The van der Waals surface area contributed by atoms with Crippen molar-refractivity contribution in [1.82, 2.24) is 0 Å². The maximum Gasteiger partial charge on any atom is 0.160 e. The molecule has 12 heavy (non-hydrogen) atoms. The summed E-state index contributed by atoms with van der Waals surface area (Å²) in [6.07, 6.45) is -4.20. The van der Waals surface area contributed by atoms with Crippen LogP contribution in [0.25, 0.3) is 0 Å². The lowest BCUT2D eigenvalue weighted by Gasteiger charge is -2.38. The molecule has 0 amide bonds. The highest BCUT2D eigenvalue weighted by atomic mass is 16.6. The van der Waals surface area contributed by atoms with Gasteiger partial charge in [-0.25, -0.2) is 0 Å². The first kappa shape index (κ1) is 9.88. The van der Waals surface area contributed by atoms with E-state index in [1.807, 2.05) is 0 Å². The minimum absolute atomic E-state index is 0.415. The molecule has 1 aliphatic heterocycles. The third-order valence-electron chi connectivity index (χ3n) is 2.21. The molecule has 0 aromatic heterocycles. The number of aliphatic hydroxyl groups excluding tert-OH is 4. The summed E-state index contributed by atoms with van der Waals surface area (Å²) in [5, 5.41) is 36.4. The van der Waals surface area contributed by atoms with E-state index in [4.69, 9.17) is 14.9 Å². The topological polar surface area (TPSA) is 90.2 Å². The predicted molar refractivity (Wildman–Crippen MR) is 39.1 cm³/mol. The number of aliphatic hydroxyl groups is 4. The van der Waals surface area contributed by atoms with Gasteiger partial charge in [0.15, 0.2) is 6.29 Å². The van der Waals surface area contributed by atoms with Gasteiger partial charge in [0.1, 0.15) is 12.2 Å². The molecule has 1 rings (SSSR count). The Hall–Kier alpha value is -0.200. The quantitative estimate of drug-likeness (QED) is 0.375. The normalized spacial score (nSPS) is 49.2. The molecule has 1 aliphatic rings. The van der Waals surface area contributed by atoms with Gasteiger partial charge in [0.2, 0.25) is 0 Å². The van der Waals surface area contributed by atoms with Gasteiger partial charge in [0.05, 0.1) is 12.7 Å². The van der Waals surface area contributed by atoms with Gasteiger partial charge >= 0.3 is 0 Å². The van der Waals surface area contributed by atoms with Crippen LogP contribution in [0.1, 0.15) is 6.92 Å². The van der Waals surface area contributed by atoms with Gasteiger partial charge in [0, 0.05) is 5.92 Å². The molecule has 72 valence electrons. The summed E-state index contributed by atoms with van der Waals surface area (Å²) in [7, 11) is 0. The third kappa shape index (κ3) is 1.60. The van der Waals surface area contributed by atoms with Crippen LogP contribution in [0.4, 0.5) is 0 Å². The molecule has 4 N–H and O–H groups in total. The first-order chi connectivity index (χ1) is 5.57. The van der Waals surface area contributed by atoms with Crippen molar-refractivity contribution in [3.63, 3.8) is 0 Å². The van der Waals surface area contributed by atoms with Gasteiger partial charge < -0.3 is 25.2 Å². The Morgan fingerprint density at radius 1 is 1.17 bits per heavy atom. The van der Waals surface area contributed by atoms with Crippen LogP contribution in [0.2, 0.25) is 0 Å². The molecule has 5 atom stereocenters. The Bertz CT molecular complexity index is 146. The minimum Gasteiger partial charge on any atom is -0.394 e. The average molecular weight is 178 g/mol. The lowest BCUT2D eigenvalue weighted by molar-refractivity contribution is -0.266. The molecule has 0 saturated carbocycles. The van der Waals surface area contributed by atoms with E-state index in [9.17, 15) is 10.2 Å². The second kappa shape index (κ2) is 3.68. The molecular weight excluding hydrogens is 164 g/mol. The molecular formula is C7H14O5. The first-order valence-corrected chi connectivity index (χ1v) is 3.88. The Kier molecular flexibility index (Phi) is 3.03. The number of hydrogen-bond donors (Lipinski definition) is 4. The maximum absolute atomic E-state index is 9.32. The summed E-state index contributed by atoms with van der Waals surface area (Å²) in [4.78, 5) is 0. The van der Waals surface area contributed by atoms with Crippen molar-refractivity contribution in [3.05, 3.63) is 0 Å². The fourth-order valence-corrected chi connectivity index (χ4v) is 1.23. The van der Waals surface area contributed by atoms with Crippen LogP contribution in [0.5, 0.6) is 0 Å². The van der Waals surface area contributed by atoms with Crippen molar-refractivity contribution >= 4 is 0 Å². The van der Waals surface area contributed by atoms with Crippen molar-refractivity contribution < 1.29 is 25.2 Å². The van der Waals surface area contributed by atoms with Crippen LogP contribution < -0.4 is 0 Å². The van der Waals surface area contributed by atoms with Crippen LogP contribution in [-0.2, 0) is 4.74 Å². The van der Waals surface area contributed by atoms with E-state index in [1.54, 1.807) is 6.92 Å². The molecule has 0 spiro atoms. The van der Waals surface area contributed by atoms with E-state index < -0.39 is 37.1 Å². The van der Waals surface area contributed by atoms with Crippen molar-refractivity contribution in [1.29, 1.82) is 0 Å². The Morgan fingerprint density at radius 3 is 2.25 bits per heavy atom. The lowest BCUT2D eigenvalue weighted by atomic mass is 9.93. The zero-order chi connectivity index (χ0) is 9.30. The highest BCUT2D eigenvalue weighted by Gasteiger charge is 2.40. The molecule has 5 heteroatoms. The van der Waals surface area contributed by atoms with E-state index in [2.05, 4.69) is 0 Å². The van der Waals surface area contributed by atoms with Crippen molar-refractivity contribution in [3.8, 4) is 0 Å². The smallest absolute Gasteiger partial charge is 0.160 e. The molecule has 0 aliphatic carbocycles. The molecule has 0 aromatic rings. The molecule has 0 radical (unpaired) electrons. The van der Waals surface area contributed by atoms with E-state index in [-0.39, 0.29) is 0 Å². The van der Waals surface area contributed by atoms with Crippen LogP contribution in [0, 0.1) is 5.92 Å². The van der Waals surface area contributed by atoms with Crippen molar-refractivity contribution in [2.75, 3.05) is 6.61 Å². The average Bonchev–Trinajstić information content (AvgIpc) is 2.08. The summed E-state index contributed by atoms with van der Waals surface area (Å²) < 4.78 is 4.83. The zero-order valence-electron chi connectivity index (χ0n) is 6.79. The van der Waals surface area contributed by atoms with Gasteiger partial charge in [0.25, 0.3) is 0 Å². The number of ether oxygens (including phenoxy) is 1. The van der Waals surface area contributed by atoms with E-state index in [0.717, 1.165) is 0 Å². The molecule has 0 aromatic carbocycles. The van der Waals surface area contributed by atoms with Gasteiger partial charge in [-0.2, -0.15) is 0 Å². The summed E-state index contributed by atoms with van der Waals surface area (Å²) in [6, 6.07) is 0. The second-order valence-electron chi connectivity index (χ2n) is 3.09. The van der Waals surface area contributed by atoms with E-state index in [1.165, 1.54) is 0 Å². The van der Waals surface area contributed by atoms with Gasteiger partial charge in [-0.05, 0) is 0 Å². The summed E-state index contributed by atoms with van der Waals surface area (Å²) in [5.41, 5.74) is 0. The maximum atomic E-state index is 9.32. The number of rotatable bonds is 1. The second-order valence-corrected chi connectivity index (χ2v) is 3.09. The summed E-state index contributed by atoms with van der Waals surface area (Å²) >= 11 is 0. The Labute approximate surface area is 70.2 Å². The molecule has 0 bridgehead atoms. The molecule has 1 saturated heterocycles. The Morgan fingerprint density at radius 2 is 1.75 bits per heavy atom. The van der Waals surface area contributed by atoms with Crippen LogP contribution in [-0.4, -0.2) is 51.6 Å². The van der Waals surface area contributed by atoms with Crippen LogP contribution >= 0.6 is 0 Å². The van der Waals surface area contributed by atoms with Gasteiger partial charge in [-0.3, -0.25) is 0 Å². The van der Waals surface area contributed by atoms with E-state index in [0.29, 0.717) is 0 Å². The predicted octanol–water partition coefficient (Wildman–Crippen LogP) is -1.95. The fraction of sp³-hybridized carbons (Fsp3) is 1.00. The fourth-order valence-electron chi connectivity index (χ4n) is 1.23. The van der Waals surface area contributed by atoms with Crippen LogP contribution in [0.15, 0.2) is 0 Å². The highest BCUT2D eigenvalue weighted by molar-refractivity contribution is 4.86.